The Labute approximate surface area is 148 Å². The smallest absolute Gasteiger partial charge is 0.334 e. The molecule has 0 spiro atoms. The second kappa shape index (κ2) is 8.81. The maximum Gasteiger partial charge on any atom is 0.334 e. The molecule has 2 rings (SSSR count). The minimum atomic E-state index is -0.621. The van der Waals surface area contributed by atoms with Crippen LogP contribution < -0.4 is 0 Å². The normalized spacial score (nSPS) is 22.4. The highest BCUT2D eigenvalue weighted by Gasteiger charge is 2.26. The molecule has 1 N–H and O–H groups in total. The highest BCUT2D eigenvalue weighted by Crippen LogP contribution is 2.24. The first-order valence-electron chi connectivity index (χ1n) is 8.62. The molecule has 0 bridgehead atoms. The monoisotopic (exact) mass is 346 g/mol. The quantitative estimate of drug-likeness (QED) is 0.415. The van der Waals surface area contributed by atoms with E-state index in [2.05, 4.69) is 6.58 Å². The summed E-state index contributed by atoms with van der Waals surface area (Å²) in [6, 6.07) is 0. The fraction of sp³-hybridized carbons (Fsp3) is 0.500. The number of hydrogen-bond donors (Lipinski definition) is 1. The van der Waals surface area contributed by atoms with Crippen molar-refractivity contribution in [2.24, 2.45) is 0 Å². The van der Waals surface area contributed by atoms with Gasteiger partial charge in [0.2, 0.25) is 0 Å². The summed E-state index contributed by atoms with van der Waals surface area (Å²) in [7, 11) is 0. The Morgan fingerprint density at radius 1 is 1.44 bits per heavy atom. The van der Waals surface area contributed by atoms with Crippen LogP contribution >= 0.6 is 0 Å². The van der Waals surface area contributed by atoms with Gasteiger partial charge < -0.3 is 14.6 Å². The lowest BCUT2D eigenvalue weighted by Gasteiger charge is -2.13. The largest absolute Gasteiger partial charge is 0.458 e. The predicted molar refractivity (Wildman–Crippen MR) is 94.7 cm³/mol. The van der Waals surface area contributed by atoms with Crippen LogP contribution in [0.3, 0.4) is 0 Å². The number of allylic oxidation sites excluding steroid dienone is 2. The van der Waals surface area contributed by atoms with Gasteiger partial charge in [0.05, 0.1) is 6.10 Å². The van der Waals surface area contributed by atoms with Crippen LogP contribution in [-0.4, -0.2) is 35.9 Å². The molecule has 2 atom stereocenters. The van der Waals surface area contributed by atoms with Gasteiger partial charge in [-0.3, -0.25) is 0 Å². The number of carbonyl (C=O) groups is 2. The predicted octanol–water partition coefficient (Wildman–Crippen LogP) is 3.16. The average Bonchev–Trinajstić information content (AvgIpc) is 3.10. The molecule has 2 aliphatic rings. The molecule has 0 unspecified atom stereocenters. The molecular weight excluding hydrogens is 320 g/mol. The Hall–Kier alpha value is -2.14. The van der Waals surface area contributed by atoms with Gasteiger partial charge in [0, 0.05) is 18.1 Å². The molecule has 1 saturated heterocycles. The van der Waals surface area contributed by atoms with E-state index in [0.717, 1.165) is 16.7 Å². The minimum Gasteiger partial charge on any atom is -0.458 e. The number of rotatable bonds is 8. The van der Waals surface area contributed by atoms with E-state index in [-0.39, 0.29) is 18.0 Å². The number of ether oxygens (including phenoxy) is 2. The summed E-state index contributed by atoms with van der Waals surface area (Å²) in [4.78, 5) is 22.8. The topological polar surface area (TPSA) is 72.8 Å². The van der Waals surface area contributed by atoms with Crippen molar-refractivity contribution in [1.82, 2.24) is 0 Å². The van der Waals surface area contributed by atoms with Crippen LogP contribution in [0.4, 0.5) is 0 Å². The maximum atomic E-state index is 11.8. The molecule has 0 aromatic rings. The average molecular weight is 346 g/mol. The summed E-state index contributed by atoms with van der Waals surface area (Å²) in [5.41, 5.74) is 3.45. The molecule has 5 heteroatoms. The van der Waals surface area contributed by atoms with Gasteiger partial charge in [-0.05, 0) is 56.8 Å². The molecule has 0 saturated carbocycles. The van der Waals surface area contributed by atoms with Gasteiger partial charge in [-0.15, -0.1) is 0 Å². The van der Waals surface area contributed by atoms with Crippen molar-refractivity contribution < 1.29 is 24.2 Å². The lowest BCUT2D eigenvalue weighted by atomic mass is 9.98. The fourth-order valence-electron chi connectivity index (χ4n) is 2.87. The molecule has 2 aliphatic heterocycles. The van der Waals surface area contributed by atoms with Gasteiger partial charge >= 0.3 is 11.9 Å². The van der Waals surface area contributed by atoms with Crippen molar-refractivity contribution in [3.63, 3.8) is 0 Å². The van der Waals surface area contributed by atoms with E-state index in [1.807, 2.05) is 26.0 Å². The molecule has 5 nitrogen and oxygen atoms in total. The molecule has 0 radical (unpaired) electrons. The molecule has 25 heavy (non-hydrogen) atoms. The number of esters is 2. The fourth-order valence-corrected chi connectivity index (χ4v) is 2.87. The first-order valence-corrected chi connectivity index (χ1v) is 8.62. The highest BCUT2D eigenvalue weighted by atomic mass is 16.5. The second-order valence-corrected chi connectivity index (χ2v) is 6.78. The van der Waals surface area contributed by atoms with Gasteiger partial charge in [0.15, 0.2) is 0 Å². The van der Waals surface area contributed by atoms with Crippen molar-refractivity contribution in [3.8, 4) is 0 Å². The number of hydrogen-bond acceptors (Lipinski definition) is 5. The van der Waals surface area contributed by atoms with Gasteiger partial charge in [-0.1, -0.05) is 18.2 Å². The van der Waals surface area contributed by atoms with Gasteiger partial charge in [0.1, 0.15) is 12.7 Å². The summed E-state index contributed by atoms with van der Waals surface area (Å²) in [5, 5.41) is 10.2. The molecule has 0 amide bonds. The van der Waals surface area contributed by atoms with E-state index in [0.29, 0.717) is 44.3 Å². The van der Waals surface area contributed by atoms with E-state index >= 15 is 0 Å². The van der Waals surface area contributed by atoms with Crippen LogP contribution in [0.5, 0.6) is 0 Å². The molecule has 1 fully saturated rings. The van der Waals surface area contributed by atoms with E-state index in [9.17, 15) is 14.7 Å². The summed E-state index contributed by atoms with van der Waals surface area (Å²) in [6.45, 7) is 8.20. The van der Waals surface area contributed by atoms with E-state index in [4.69, 9.17) is 9.47 Å². The number of cyclic esters (lactones) is 2. The number of aliphatic hydroxyl groups is 1. The zero-order valence-corrected chi connectivity index (χ0v) is 14.9. The van der Waals surface area contributed by atoms with Crippen LogP contribution in [0.25, 0.3) is 0 Å². The molecule has 0 aromatic carbocycles. The van der Waals surface area contributed by atoms with E-state index in [1.54, 1.807) is 0 Å². The van der Waals surface area contributed by atoms with Crippen molar-refractivity contribution >= 4 is 11.9 Å². The van der Waals surface area contributed by atoms with Crippen molar-refractivity contribution in [2.45, 2.75) is 58.2 Å². The zero-order valence-electron chi connectivity index (χ0n) is 14.9. The van der Waals surface area contributed by atoms with Crippen LogP contribution in [0.2, 0.25) is 0 Å². The van der Waals surface area contributed by atoms with Crippen molar-refractivity contribution in [2.75, 3.05) is 6.61 Å². The highest BCUT2D eigenvalue weighted by molar-refractivity contribution is 5.90. The molecule has 2 heterocycles. The Kier molecular flexibility index (Phi) is 6.76. The number of carbonyl (C=O) groups excluding carboxylic acids is 2. The maximum absolute atomic E-state index is 11.8. The standard InChI is InChI=1S/C20H26O5/c1-13(2)9-17-11-16(20(23)25-17)6-4-5-14(3)18(21)8-7-15-10-19(22)24-12-15/h6,9-10,17-18,21H,3-5,7-8,11-12H2,1-2H3/b16-6+/t17-,18-/m1/s1. The third kappa shape index (κ3) is 6.02. The summed E-state index contributed by atoms with van der Waals surface area (Å²) >= 11 is 0. The van der Waals surface area contributed by atoms with Crippen molar-refractivity contribution in [3.05, 3.63) is 47.1 Å². The van der Waals surface area contributed by atoms with Gasteiger partial charge in [-0.2, -0.15) is 0 Å². The van der Waals surface area contributed by atoms with Crippen LogP contribution in [0.1, 0.15) is 46.0 Å². The lowest BCUT2D eigenvalue weighted by molar-refractivity contribution is -0.137. The van der Waals surface area contributed by atoms with E-state index < -0.39 is 6.10 Å². The minimum absolute atomic E-state index is 0.165. The molecule has 0 aliphatic carbocycles. The number of aliphatic hydroxyl groups excluding tert-OH is 1. The summed E-state index contributed by atoms with van der Waals surface area (Å²) in [5.74, 6) is -0.573. The van der Waals surface area contributed by atoms with Crippen LogP contribution in [0, 0.1) is 0 Å². The molecule has 136 valence electrons. The summed E-state index contributed by atoms with van der Waals surface area (Å²) in [6.07, 6.45) is 7.51. The molecule has 0 aromatic heterocycles. The van der Waals surface area contributed by atoms with Crippen molar-refractivity contribution in [1.29, 1.82) is 0 Å². The Morgan fingerprint density at radius 2 is 2.20 bits per heavy atom. The third-order valence-electron chi connectivity index (χ3n) is 4.25. The Morgan fingerprint density at radius 3 is 2.84 bits per heavy atom. The lowest BCUT2D eigenvalue weighted by Crippen LogP contribution is -2.10. The second-order valence-electron chi connectivity index (χ2n) is 6.78. The zero-order chi connectivity index (χ0) is 18.4. The first kappa shape index (κ1) is 19.2. The van der Waals surface area contributed by atoms with Crippen LogP contribution in [-0.2, 0) is 19.1 Å². The van der Waals surface area contributed by atoms with E-state index in [1.165, 1.54) is 6.08 Å². The van der Waals surface area contributed by atoms with Gasteiger partial charge in [0.25, 0.3) is 0 Å². The summed E-state index contributed by atoms with van der Waals surface area (Å²) < 4.78 is 10.1. The first-order chi connectivity index (χ1) is 11.8. The van der Waals surface area contributed by atoms with Gasteiger partial charge in [-0.25, -0.2) is 9.59 Å². The SMILES string of the molecule is C=C(CC/C=C1\C[C@@H](C=C(C)C)OC1=O)[C@H](O)CCC1=CC(=O)OC1. The third-order valence-corrected chi connectivity index (χ3v) is 4.25. The molecular formula is C20H26O5. The van der Waals surface area contributed by atoms with Crippen LogP contribution in [0.15, 0.2) is 47.1 Å². The Balaban J connectivity index is 1.74. The Bertz CT molecular complexity index is 634.